The first kappa shape index (κ1) is 18.4. The largest absolute Gasteiger partial charge is 0.298 e. The highest BCUT2D eigenvalue weighted by Crippen LogP contribution is 2.31. The molecule has 2 aromatic rings. The highest BCUT2D eigenvalue weighted by molar-refractivity contribution is 5.25. The van der Waals surface area contributed by atoms with E-state index in [1.807, 2.05) is 30.7 Å². The third kappa shape index (κ3) is 3.84. The Balaban J connectivity index is 1.72. The molecule has 1 fully saturated rings. The summed E-state index contributed by atoms with van der Waals surface area (Å²) in [5.41, 5.74) is 4.17. The highest BCUT2D eigenvalue weighted by Gasteiger charge is 2.29. The number of hydrogen-bond donors (Lipinski definition) is 0. The first-order valence-electron chi connectivity index (χ1n) is 10.3. The van der Waals surface area contributed by atoms with Crippen LogP contribution in [-0.2, 0) is 13.0 Å². The monoisotopic (exact) mass is 366 g/mol. The molecule has 0 spiro atoms. The van der Waals surface area contributed by atoms with E-state index in [1.165, 1.54) is 12.8 Å². The summed E-state index contributed by atoms with van der Waals surface area (Å²) in [5, 5.41) is 0. The van der Waals surface area contributed by atoms with Gasteiger partial charge in [0, 0.05) is 37.9 Å². The Labute approximate surface area is 161 Å². The van der Waals surface area contributed by atoms with E-state index in [-0.39, 0.29) is 11.6 Å². The van der Waals surface area contributed by atoms with Crippen LogP contribution in [0.15, 0.2) is 23.1 Å². The van der Waals surface area contributed by atoms with E-state index in [0.717, 1.165) is 73.2 Å². The summed E-state index contributed by atoms with van der Waals surface area (Å²) in [6.45, 7) is 9.04. The van der Waals surface area contributed by atoms with Crippen molar-refractivity contribution in [1.29, 1.82) is 0 Å². The summed E-state index contributed by atoms with van der Waals surface area (Å²) in [4.78, 5) is 25.3. The third-order valence-electron chi connectivity index (χ3n) is 5.92. The maximum Gasteiger partial charge on any atom is 0.258 e. The Morgan fingerprint density at radius 1 is 1.26 bits per heavy atom. The summed E-state index contributed by atoms with van der Waals surface area (Å²) in [5.74, 6) is 1.67. The number of rotatable bonds is 6. The van der Waals surface area contributed by atoms with Gasteiger partial charge in [-0.25, -0.2) is 4.98 Å². The number of fused-ring (bicyclic) bond motifs is 1. The second-order valence-corrected chi connectivity index (χ2v) is 8.23. The van der Waals surface area contributed by atoms with Crippen LogP contribution in [0.4, 0.5) is 0 Å². The van der Waals surface area contributed by atoms with E-state index in [9.17, 15) is 4.79 Å². The normalized spacial score (nSPS) is 18.3. The van der Waals surface area contributed by atoms with Crippen molar-refractivity contribution >= 4 is 0 Å². The number of pyridine rings is 1. The average Bonchev–Trinajstić information content (AvgIpc) is 3.46. The maximum absolute atomic E-state index is 13.5. The molecule has 4 rings (SSSR count). The van der Waals surface area contributed by atoms with Gasteiger partial charge >= 0.3 is 0 Å². The van der Waals surface area contributed by atoms with Crippen LogP contribution in [0.1, 0.15) is 67.0 Å². The molecule has 1 unspecified atom stereocenters. The van der Waals surface area contributed by atoms with Crippen molar-refractivity contribution in [2.24, 2.45) is 5.92 Å². The third-order valence-corrected chi connectivity index (χ3v) is 5.92. The van der Waals surface area contributed by atoms with Gasteiger partial charge in [0.1, 0.15) is 5.82 Å². The SMILES string of the molecule is CCCC(c1ccc(C)nc1)n1c(C)nc2c(c1=O)CN(CC1CC1)CC2. The average molecular weight is 367 g/mol. The molecule has 144 valence electrons. The standard InChI is InChI=1S/C22H30N4O/c1-4-5-21(18-9-6-15(2)23-12-18)26-16(3)24-20-10-11-25(13-17-7-8-17)14-19(20)22(26)27/h6,9,12,17,21H,4-5,7-8,10-11,13-14H2,1-3H3. The Hall–Kier alpha value is -2.01. The minimum absolute atomic E-state index is 0.00667. The zero-order chi connectivity index (χ0) is 19.0. The Kier molecular flexibility index (Phi) is 5.13. The molecule has 2 aromatic heterocycles. The van der Waals surface area contributed by atoms with Gasteiger partial charge in [0.05, 0.1) is 17.3 Å². The summed E-state index contributed by atoms with van der Waals surface area (Å²) in [6.07, 6.45) is 7.43. The molecule has 2 aliphatic rings. The van der Waals surface area contributed by atoms with Crippen molar-refractivity contribution in [2.75, 3.05) is 13.1 Å². The molecule has 0 radical (unpaired) electrons. The van der Waals surface area contributed by atoms with Gasteiger partial charge < -0.3 is 0 Å². The topological polar surface area (TPSA) is 51.0 Å². The molecule has 0 bridgehead atoms. The molecular formula is C22H30N4O. The molecule has 0 aromatic carbocycles. The van der Waals surface area contributed by atoms with Crippen LogP contribution < -0.4 is 5.56 Å². The number of nitrogens with zero attached hydrogens (tertiary/aromatic N) is 4. The number of aromatic nitrogens is 3. The van der Waals surface area contributed by atoms with Gasteiger partial charge in [-0.05, 0) is 50.7 Å². The Morgan fingerprint density at radius 2 is 2.07 bits per heavy atom. The van der Waals surface area contributed by atoms with E-state index in [2.05, 4.69) is 22.9 Å². The predicted molar refractivity (Wildman–Crippen MR) is 107 cm³/mol. The fraction of sp³-hybridized carbons (Fsp3) is 0.591. The molecule has 5 nitrogen and oxygen atoms in total. The predicted octanol–water partition coefficient (Wildman–Crippen LogP) is 3.41. The lowest BCUT2D eigenvalue weighted by Crippen LogP contribution is -2.40. The van der Waals surface area contributed by atoms with E-state index in [1.54, 1.807) is 0 Å². The molecule has 0 amide bonds. The van der Waals surface area contributed by atoms with Crippen LogP contribution >= 0.6 is 0 Å². The van der Waals surface area contributed by atoms with Crippen molar-refractivity contribution in [2.45, 2.75) is 65.5 Å². The summed E-state index contributed by atoms with van der Waals surface area (Å²) < 4.78 is 1.93. The van der Waals surface area contributed by atoms with Crippen LogP contribution in [0.25, 0.3) is 0 Å². The van der Waals surface area contributed by atoms with Gasteiger partial charge in [-0.15, -0.1) is 0 Å². The zero-order valence-electron chi connectivity index (χ0n) is 16.7. The molecule has 1 atom stereocenters. The van der Waals surface area contributed by atoms with Gasteiger partial charge in [-0.1, -0.05) is 19.4 Å². The maximum atomic E-state index is 13.5. The molecule has 1 aliphatic carbocycles. The van der Waals surface area contributed by atoms with Crippen LogP contribution in [0.5, 0.6) is 0 Å². The van der Waals surface area contributed by atoms with Crippen LogP contribution in [0, 0.1) is 19.8 Å². The lowest BCUT2D eigenvalue weighted by molar-refractivity contribution is 0.238. The van der Waals surface area contributed by atoms with Gasteiger partial charge in [-0.3, -0.25) is 19.2 Å². The second-order valence-electron chi connectivity index (χ2n) is 8.23. The number of hydrogen-bond acceptors (Lipinski definition) is 4. The minimum Gasteiger partial charge on any atom is -0.298 e. The number of aryl methyl sites for hydroxylation is 2. The Bertz CT molecular complexity index is 867. The summed E-state index contributed by atoms with van der Waals surface area (Å²) in [6, 6.07) is 4.14. The quantitative estimate of drug-likeness (QED) is 0.786. The van der Waals surface area contributed by atoms with Crippen LogP contribution in [0.3, 0.4) is 0 Å². The molecular weight excluding hydrogens is 336 g/mol. The van der Waals surface area contributed by atoms with Crippen molar-refractivity contribution in [3.05, 3.63) is 57.0 Å². The molecule has 3 heterocycles. The van der Waals surface area contributed by atoms with Crippen molar-refractivity contribution in [3.8, 4) is 0 Å². The van der Waals surface area contributed by atoms with Crippen LogP contribution in [0.2, 0.25) is 0 Å². The summed E-state index contributed by atoms with van der Waals surface area (Å²) >= 11 is 0. The smallest absolute Gasteiger partial charge is 0.258 e. The van der Waals surface area contributed by atoms with Gasteiger partial charge in [0.25, 0.3) is 5.56 Å². The van der Waals surface area contributed by atoms with Gasteiger partial charge in [0.2, 0.25) is 0 Å². The molecule has 0 N–H and O–H groups in total. The van der Waals surface area contributed by atoms with Crippen LogP contribution in [-0.4, -0.2) is 32.5 Å². The molecule has 27 heavy (non-hydrogen) atoms. The molecule has 5 heteroatoms. The van der Waals surface area contributed by atoms with Gasteiger partial charge in [-0.2, -0.15) is 0 Å². The first-order chi connectivity index (χ1) is 13.1. The summed E-state index contributed by atoms with van der Waals surface area (Å²) in [7, 11) is 0. The molecule has 1 saturated carbocycles. The molecule has 0 saturated heterocycles. The van der Waals surface area contributed by atoms with Crippen molar-refractivity contribution < 1.29 is 0 Å². The first-order valence-corrected chi connectivity index (χ1v) is 10.3. The van der Waals surface area contributed by atoms with E-state index < -0.39 is 0 Å². The lowest BCUT2D eigenvalue weighted by atomic mass is 10.0. The Morgan fingerprint density at radius 3 is 2.74 bits per heavy atom. The second kappa shape index (κ2) is 7.55. The lowest BCUT2D eigenvalue weighted by Gasteiger charge is -2.30. The zero-order valence-corrected chi connectivity index (χ0v) is 16.7. The fourth-order valence-electron chi connectivity index (χ4n) is 4.25. The highest BCUT2D eigenvalue weighted by atomic mass is 16.1. The minimum atomic E-state index is 0.00667. The van der Waals surface area contributed by atoms with E-state index in [4.69, 9.17) is 4.98 Å². The van der Waals surface area contributed by atoms with Crippen molar-refractivity contribution in [1.82, 2.24) is 19.4 Å². The van der Waals surface area contributed by atoms with Gasteiger partial charge in [0.15, 0.2) is 0 Å². The van der Waals surface area contributed by atoms with E-state index in [0.29, 0.717) is 0 Å². The molecule has 1 aliphatic heterocycles. The van der Waals surface area contributed by atoms with E-state index >= 15 is 0 Å². The fourth-order valence-corrected chi connectivity index (χ4v) is 4.25. The van der Waals surface area contributed by atoms with Crippen molar-refractivity contribution in [3.63, 3.8) is 0 Å².